The van der Waals surface area contributed by atoms with E-state index in [1.54, 1.807) is 0 Å². The van der Waals surface area contributed by atoms with Crippen molar-refractivity contribution in [3.8, 4) is 0 Å². The van der Waals surface area contributed by atoms with Gasteiger partial charge in [-0.15, -0.1) is 0 Å². The Morgan fingerprint density at radius 1 is 0.368 bits per heavy atom. The predicted molar refractivity (Wildman–Crippen MR) is 333 cm³/mol. The highest BCUT2D eigenvalue weighted by Crippen LogP contribution is 2.18. The normalized spacial score (nSPS) is 12.7. The number of esters is 1. The molecule has 0 saturated carbocycles. The van der Waals surface area contributed by atoms with E-state index in [-0.39, 0.29) is 18.5 Å². The number of ether oxygens (including phenoxy) is 1. The minimum Gasteiger partial charge on any atom is -0.466 e. The zero-order valence-electron chi connectivity index (χ0n) is 51.3. The van der Waals surface area contributed by atoms with Crippen LogP contribution in [-0.4, -0.2) is 47.4 Å². The fourth-order valence-electron chi connectivity index (χ4n) is 10.7. The summed E-state index contributed by atoms with van der Waals surface area (Å²) in [5, 5.41) is 23.4. The van der Waals surface area contributed by atoms with E-state index >= 15 is 0 Å². The molecule has 6 nitrogen and oxygen atoms in total. The van der Waals surface area contributed by atoms with E-state index in [2.05, 4.69) is 55.6 Å². The lowest BCUT2D eigenvalue weighted by molar-refractivity contribution is -0.143. The molecule has 0 spiro atoms. The summed E-state index contributed by atoms with van der Waals surface area (Å²) in [6.07, 6.45) is 83.2. The van der Waals surface area contributed by atoms with Crippen molar-refractivity contribution in [3.05, 3.63) is 36.5 Å². The van der Waals surface area contributed by atoms with Gasteiger partial charge in [0.15, 0.2) is 0 Å². The van der Waals surface area contributed by atoms with Crippen molar-refractivity contribution >= 4 is 11.9 Å². The maximum absolute atomic E-state index is 12.5. The molecule has 0 aromatic heterocycles. The van der Waals surface area contributed by atoms with Crippen LogP contribution in [0, 0.1) is 0 Å². The summed E-state index contributed by atoms with van der Waals surface area (Å²) in [6.45, 7) is 4.93. The molecule has 0 radical (unpaired) electrons. The molecule has 0 rings (SSSR count). The van der Waals surface area contributed by atoms with Gasteiger partial charge in [-0.25, -0.2) is 0 Å². The van der Waals surface area contributed by atoms with Crippen molar-refractivity contribution in [1.82, 2.24) is 5.32 Å². The van der Waals surface area contributed by atoms with Crippen LogP contribution in [-0.2, 0) is 14.3 Å². The molecular formula is C70H133NO5. The van der Waals surface area contributed by atoms with Crippen molar-refractivity contribution < 1.29 is 24.5 Å². The lowest BCUT2D eigenvalue weighted by Crippen LogP contribution is -2.45. The Balaban J connectivity index is 3.45. The van der Waals surface area contributed by atoms with Gasteiger partial charge in [-0.1, -0.05) is 320 Å². The maximum atomic E-state index is 12.5. The van der Waals surface area contributed by atoms with Gasteiger partial charge in [-0.2, -0.15) is 0 Å². The summed E-state index contributed by atoms with van der Waals surface area (Å²) in [5.41, 5.74) is 0. The third-order valence-electron chi connectivity index (χ3n) is 15.9. The fraction of sp³-hybridized carbons (Fsp3) is 0.886. The average molecular weight is 1070 g/mol. The molecule has 76 heavy (non-hydrogen) atoms. The van der Waals surface area contributed by atoms with Crippen LogP contribution in [0.3, 0.4) is 0 Å². The van der Waals surface area contributed by atoms with E-state index in [4.69, 9.17) is 4.74 Å². The molecular weight excluding hydrogens is 935 g/mol. The number of amides is 1. The molecule has 0 aliphatic carbocycles. The van der Waals surface area contributed by atoms with Gasteiger partial charge in [0.1, 0.15) is 0 Å². The van der Waals surface area contributed by atoms with E-state index in [0.29, 0.717) is 25.9 Å². The Morgan fingerprint density at radius 2 is 0.671 bits per heavy atom. The van der Waals surface area contributed by atoms with Crippen molar-refractivity contribution in [2.24, 2.45) is 0 Å². The molecule has 0 heterocycles. The minimum absolute atomic E-state index is 0.00362. The second-order valence-corrected chi connectivity index (χ2v) is 23.5. The van der Waals surface area contributed by atoms with Gasteiger partial charge in [0.05, 0.1) is 25.4 Å². The number of aliphatic hydroxyl groups excluding tert-OH is 2. The monoisotopic (exact) mass is 1070 g/mol. The number of aliphatic hydroxyl groups is 2. The number of carbonyl (C=O) groups is 2. The Hall–Kier alpha value is -1.92. The van der Waals surface area contributed by atoms with E-state index in [9.17, 15) is 19.8 Å². The fourth-order valence-corrected chi connectivity index (χ4v) is 10.7. The molecule has 0 aliphatic heterocycles. The second kappa shape index (κ2) is 65.6. The second-order valence-electron chi connectivity index (χ2n) is 23.5. The smallest absolute Gasteiger partial charge is 0.305 e. The molecule has 0 fully saturated rings. The first kappa shape index (κ1) is 74.1. The highest BCUT2D eigenvalue weighted by atomic mass is 16.5. The number of hydrogen-bond donors (Lipinski definition) is 3. The average Bonchev–Trinajstić information content (AvgIpc) is 3.42. The number of allylic oxidation sites excluding steroid dienone is 6. The van der Waals surface area contributed by atoms with Crippen LogP contribution < -0.4 is 5.32 Å². The quantitative estimate of drug-likeness (QED) is 0.0320. The predicted octanol–water partition coefficient (Wildman–Crippen LogP) is 21.9. The lowest BCUT2D eigenvalue weighted by Gasteiger charge is -2.22. The summed E-state index contributed by atoms with van der Waals surface area (Å²) in [6, 6.07) is -0.551. The Morgan fingerprint density at radius 3 is 1.05 bits per heavy atom. The number of nitrogens with one attached hydrogen (secondary N) is 1. The Bertz CT molecular complexity index is 1230. The molecule has 0 saturated heterocycles. The van der Waals surface area contributed by atoms with Gasteiger partial charge < -0.3 is 20.3 Å². The van der Waals surface area contributed by atoms with Gasteiger partial charge in [0.2, 0.25) is 5.91 Å². The summed E-state index contributed by atoms with van der Waals surface area (Å²) in [5.74, 6) is -0.0452. The van der Waals surface area contributed by atoms with Crippen LogP contribution in [0.15, 0.2) is 36.5 Å². The molecule has 448 valence electrons. The van der Waals surface area contributed by atoms with Crippen LogP contribution in [0.1, 0.15) is 373 Å². The molecule has 3 N–H and O–H groups in total. The van der Waals surface area contributed by atoms with Crippen LogP contribution >= 0.6 is 0 Å². The van der Waals surface area contributed by atoms with Crippen LogP contribution in [0.4, 0.5) is 0 Å². The third-order valence-corrected chi connectivity index (χ3v) is 15.9. The van der Waals surface area contributed by atoms with E-state index in [0.717, 1.165) is 57.8 Å². The van der Waals surface area contributed by atoms with E-state index in [1.807, 2.05) is 0 Å². The van der Waals surface area contributed by atoms with Gasteiger partial charge in [0.25, 0.3) is 0 Å². The van der Waals surface area contributed by atoms with Crippen LogP contribution in [0.25, 0.3) is 0 Å². The van der Waals surface area contributed by atoms with Crippen molar-refractivity contribution in [3.63, 3.8) is 0 Å². The first-order valence-electron chi connectivity index (χ1n) is 34.2. The zero-order chi connectivity index (χ0) is 55.0. The first-order chi connectivity index (χ1) is 37.5. The largest absolute Gasteiger partial charge is 0.466 e. The molecule has 2 atom stereocenters. The summed E-state index contributed by atoms with van der Waals surface area (Å²) >= 11 is 0. The summed E-state index contributed by atoms with van der Waals surface area (Å²) in [4.78, 5) is 24.5. The number of carbonyl (C=O) groups excluding carboxylic acids is 2. The van der Waals surface area contributed by atoms with Crippen LogP contribution in [0.5, 0.6) is 0 Å². The highest BCUT2D eigenvalue weighted by molar-refractivity contribution is 5.76. The standard InChI is InChI=1S/C70H133NO5/c1-3-5-7-9-11-13-15-16-17-18-19-20-21-22-24-27-30-33-36-39-43-46-50-54-58-62-68(73)67(66-72)71-69(74)63-59-55-51-47-44-40-37-34-31-28-25-23-26-29-32-35-38-41-45-49-53-57-61-65-76-70(75)64-60-56-52-48-42-14-12-10-8-6-4-2/h10,12,23,26,28,31,67-68,72-73H,3-9,11,13-22,24-25,27,29-30,32-66H2,1-2H3,(H,71,74)/b12-10-,26-23-,31-28-. The van der Waals surface area contributed by atoms with Crippen molar-refractivity contribution in [2.75, 3.05) is 13.2 Å². The topological polar surface area (TPSA) is 95.9 Å². The zero-order valence-corrected chi connectivity index (χ0v) is 51.3. The maximum Gasteiger partial charge on any atom is 0.305 e. The van der Waals surface area contributed by atoms with Gasteiger partial charge in [-0.3, -0.25) is 9.59 Å². The van der Waals surface area contributed by atoms with E-state index < -0.39 is 12.1 Å². The van der Waals surface area contributed by atoms with Gasteiger partial charge in [-0.05, 0) is 77.0 Å². The van der Waals surface area contributed by atoms with Crippen LogP contribution in [0.2, 0.25) is 0 Å². The van der Waals surface area contributed by atoms with Crippen molar-refractivity contribution in [1.29, 1.82) is 0 Å². The Kier molecular flexibility index (Phi) is 63.9. The first-order valence-corrected chi connectivity index (χ1v) is 34.2. The molecule has 2 unspecified atom stereocenters. The number of hydrogen-bond acceptors (Lipinski definition) is 5. The molecule has 6 heteroatoms. The molecule has 0 aromatic carbocycles. The molecule has 0 bridgehead atoms. The van der Waals surface area contributed by atoms with Crippen molar-refractivity contribution in [2.45, 2.75) is 386 Å². The molecule has 1 amide bonds. The number of rotatable bonds is 64. The number of unbranched alkanes of at least 4 members (excludes halogenated alkanes) is 47. The Labute approximate surface area is 474 Å². The summed E-state index contributed by atoms with van der Waals surface area (Å²) < 4.78 is 5.46. The lowest BCUT2D eigenvalue weighted by atomic mass is 10.0. The molecule has 0 aliphatic rings. The minimum atomic E-state index is -0.673. The van der Waals surface area contributed by atoms with Gasteiger partial charge >= 0.3 is 5.97 Å². The molecule has 0 aromatic rings. The van der Waals surface area contributed by atoms with E-state index in [1.165, 1.54) is 283 Å². The summed E-state index contributed by atoms with van der Waals surface area (Å²) in [7, 11) is 0. The third kappa shape index (κ3) is 61.3. The SMILES string of the molecule is CCCC/C=C\CCCCCCCC(=O)OCCCCCCCCCCC/C=C\C/C=C\CCCCCCCCCC(=O)NC(CO)C(O)CCCCCCCCCCCCCCCCCCCCCCCCCCC. The highest BCUT2D eigenvalue weighted by Gasteiger charge is 2.20. The van der Waals surface area contributed by atoms with Gasteiger partial charge in [0, 0.05) is 12.8 Å².